The lowest BCUT2D eigenvalue weighted by Gasteiger charge is -2.16. The van der Waals surface area contributed by atoms with Crippen LogP contribution in [-0.4, -0.2) is 15.6 Å². The number of hydrogen-bond donors (Lipinski definition) is 1. The van der Waals surface area contributed by atoms with E-state index < -0.39 is 5.97 Å². The van der Waals surface area contributed by atoms with Crippen LogP contribution >= 0.6 is 11.6 Å². The Labute approximate surface area is 146 Å². The van der Waals surface area contributed by atoms with Crippen LogP contribution in [0, 0.1) is 6.92 Å². The van der Waals surface area contributed by atoms with Crippen molar-refractivity contribution in [2.75, 3.05) is 0 Å². The molecule has 0 aliphatic carbocycles. The van der Waals surface area contributed by atoms with Crippen molar-refractivity contribution in [1.29, 1.82) is 0 Å². The Bertz CT molecular complexity index is 869. The van der Waals surface area contributed by atoms with Crippen molar-refractivity contribution in [3.8, 4) is 16.9 Å². The Morgan fingerprint density at radius 3 is 2.50 bits per heavy atom. The van der Waals surface area contributed by atoms with Gasteiger partial charge in [-0.05, 0) is 54.8 Å². The highest BCUT2D eigenvalue weighted by molar-refractivity contribution is 6.30. The lowest BCUT2D eigenvalue weighted by Crippen LogP contribution is -2.06. The van der Waals surface area contributed by atoms with Crippen molar-refractivity contribution in [3.63, 3.8) is 0 Å². The highest BCUT2D eigenvalue weighted by Crippen LogP contribution is 2.30. The number of carbonyl (C=O) groups is 1. The Morgan fingerprint density at radius 1 is 1.08 bits per heavy atom. The van der Waals surface area contributed by atoms with Gasteiger partial charge in [0.2, 0.25) is 0 Å². The molecule has 3 nitrogen and oxygen atoms in total. The quantitative estimate of drug-likeness (QED) is 0.700. The van der Waals surface area contributed by atoms with Gasteiger partial charge in [-0.1, -0.05) is 41.9 Å². The fraction of sp³-hybridized carbons (Fsp3) is 0.150. The van der Waals surface area contributed by atoms with E-state index in [1.807, 2.05) is 55.5 Å². The predicted octanol–water partition coefficient (Wildman–Crippen LogP) is 5.12. The number of hydrogen-bond acceptors (Lipinski definition) is 1. The third-order valence-corrected chi connectivity index (χ3v) is 4.26. The summed E-state index contributed by atoms with van der Waals surface area (Å²) in [5, 5.41) is 9.72. The topological polar surface area (TPSA) is 42.2 Å². The number of aliphatic carboxylic acids is 1. The van der Waals surface area contributed by atoms with E-state index in [9.17, 15) is 4.79 Å². The molecule has 3 aromatic rings. The standard InChI is InChI=1S/C20H18ClNO2/c1-14-13-16(21)7-10-18(14)22-17(9-12-20(23)24)8-11-19(22)15-5-3-2-4-6-15/h2-8,10-11,13H,9,12H2,1H3,(H,23,24). The van der Waals surface area contributed by atoms with Crippen molar-refractivity contribution < 1.29 is 9.90 Å². The summed E-state index contributed by atoms with van der Waals surface area (Å²) in [6, 6.07) is 19.9. The minimum absolute atomic E-state index is 0.102. The number of aromatic nitrogens is 1. The lowest BCUT2D eigenvalue weighted by molar-refractivity contribution is -0.136. The summed E-state index contributed by atoms with van der Waals surface area (Å²) < 4.78 is 2.13. The normalized spacial score (nSPS) is 10.8. The van der Waals surface area contributed by atoms with Gasteiger partial charge in [0.1, 0.15) is 0 Å². The molecule has 0 fully saturated rings. The van der Waals surface area contributed by atoms with Crippen LogP contribution < -0.4 is 0 Å². The summed E-state index contributed by atoms with van der Waals surface area (Å²) in [5.74, 6) is -0.795. The zero-order valence-corrected chi connectivity index (χ0v) is 14.1. The lowest BCUT2D eigenvalue weighted by atomic mass is 10.1. The van der Waals surface area contributed by atoms with Gasteiger partial charge in [0, 0.05) is 16.4 Å². The van der Waals surface area contributed by atoms with Crippen LogP contribution in [0.15, 0.2) is 60.7 Å². The Hall–Kier alpha value is -2.52. The summed E-state index contributed by atoms with van der Waals surface area (Å²) in [5.41, 5.74) is 5.17. The molecule has 0 aliphatic heterocycles. The van der Waals surface area contributed by atoms with E-state index in [-0.39, 0.29) is 6.42 Å². The van der Waals surface area contributed by atoms with Gasteiger partial charge < -0.3 is 9.67 Å². The second-order valence-electron chi connectivity index (χ2n) is 5.74. The number of benzene rings is 2. The van der Waals surface area contributed by atoms with Crippen molar-refractivity contribution in [3.05, 3.63) is 76.9 Å². The minimum Gasteiger partial charge on any atom is -0.481 e. The Morgan fingerprint density at radius 2 is 1.83 bits per heavy atom. The van der Waals surface area contributed by atoms with Crippen molar-refractivity contribution >= 4 is 17.6 Å². The van der Waals surface area contributed by atoms with Gasteiger partial charge in [-0.2, -0.15) is 0 Å². The summed E-state index contributed by atoms with van der Waals surface area (Å²) in [6.07, 6.45) is 0.578. The molecular weight excluding hydrogens is 322 g/mol. The van der Waals surface area contributed by atoms with Gasteiger partial charge in [-0.3, -0.25) is 4.79 Å². The molecule has 1 N–H and O–H groups in total. The molecule has 4 heteroatoms. The maximum Gasteiger partial charge on any atom is 0.303 e. The van der Waals surface area contributed by atoms with E-state index in [0.717, 1.165) is 28.2 Å². The monoisotopic (exact) mass is 339 g/mol. The number of carboxylic acid groups (broad SMARTS) is 1. The SMILES string of the molecule is Cc1cc(Cl)ccc1-n1c(CCC(=O)O)ccc1-c1ccccc1. The van der Waals surface area contributed by atoms with Gasteiger partial charge in [0.25, 0.3) is 0 Å². The van der Waals surface area contributed by atoms with Crippen molar-refractivity contribution in [1.82, 2.24) is 4.57 Å². The largest absolute Gasteiger partial charge is 0.481 e. The van der Waals surface area contributed by atoms with Crippen LogP contribution in [0.1, 0.15) is 17.7 Å². The molecule has 0 aliphatic rings. The molecule has 24 heavy (non-hydrogen) atoms. The van der Waals surface area contributed by atoms with E-state index in [2.05, 4.69) is 16.7 Å². The molecule has 0 atom stereocenters. The molecule has 0 bridgehead atoms. The minimum atomic E-state index is -0.795. The smallest absolute Gasteiger partial charge is 0.303 e. The average Bonchev–Trinajstić information content (AvgIpc) is 2.97. The number of rotatable bonds is 5. The number of aryl methyl sites for hydroxylation is 2. The molecule has 122 valence electrons. The molecule has 2 aromatic carbocycles. The molecule has 1 heterocycles. The van der Waals surface area contributed by atoms with Crippen LogP contribution in [0.3, 0.4) is 0 Å². The second kappa shape index (κ2) is 6.93. The number of halogens is 1. The van der Waals surface area contributed by atoms with Crippen molar-refractivity contribution in [2.45, 2.75) is 19.8 Å². The van der Waals surface area contributed by atoms with Crippen LogP contribution in [-0.2, 0) is 11.2 Å². The Balaban J connectivity index is 2.15. The van der Waals surface area contributed by atoms with Gasteiger partial charge in [0.05, 0.1) is 12.1 Å². The van der Waals surface area contributed by atoms with E-state index in [0.29, 0.717) is 11.4 Å². The first kappa shape index (κ1) is 16.3. The highest BCUT2D eigenvalue weighted by Gasteiger charge is 2.14. The molecule has 1 aromatic heterocycles. The average molecular weight is 340 g/mol. The fourth-order valence-electron chi connectivity index (χ4n) is 2.90. The molecular formula is C20H18ClNO2. The highest BCUT2D eigenvalue weighted by atomic mass is 35.5. The number of carboxylic acids is 1. The molecule has 0 unspecified atom stereocenters. The van der Waals surface area contributed by atoms with Crippen molar-refractivity contribution in [2.24, 2.45) is 0 Å². The molecule has 0 spiro atoms. The Kier molecular flexibility index (Phi) is 4.72. The maximum absolute atomic E-state index is 11.0. The summed E-state index contributed by atoms with van der Waals surface area (Å²) in [4.78, 5) is 11.0. The molecule has 3 rings (SSSR count). The summed E-state index contributed by atoms with van der Waals surface area (Å²) in [7, 11) is 0. The third kappa shape index (κ3) is 3.36. The van der Waals surface area contributed by atoms with E-state index in [1.54, 1.807) is 0 Å². The third-order valence-electron chi connectivity index (χ3n) is 4.03. The summed E-state index contributed by atoms with van der Waals surface area (Å²) >= 11 is 6.09. The van der Waals surface area contributed by atoms with E-state index in [4.69, 9.17) is 16.7 Å². The van der Waals surface area contributed by atoms with Crippen LogP contribution in [0.4, 0.5) is 0 Å². The first-order valence-electron chi connectivity index (χ1n) is 7.80. The summed E-state index contributed by atoms with van der Waals surface area (Å²) in [6.45, 7) is 2.01. The predicted molar refractivity (Wildman–Crippen MR) is 96.9 cm³/mol. The van der Waals surface area contributed by atoms with Gasteiger partial charge >= 0.3 is 5.97 Å². The number of nitrogens with zero attached hydrogens (tertiary/aromatic N) is 1. The van der Waals surface area contributed by atoms with Gasteiger partial charge in [-0.25, -0.2) is 0 Å². The molecule has 0 amide bonds. The van der Waals surface area contributed by atoms with Gasteiger partial charge in [-0.15, -0.1) is 0 Å². The van der Waals surface area contributed by atoms with E-state index in [1.165, 1.54) is 0 Å². The molecule has 0 radical (unpaired) electrons. The zero-order chi connectivity index (χ0) is 17.1. The van der Waals surface area contributed by atoms with Crippen LogP contribution in [0.2, 0.25) is 5.02 Å². The van der Waals surface area contributed by atoms with Crippen LogP contribution in [0.25, 0.3) is 16.9 Å². The fourth-order valence-corrected chi connectivity index (χ4v) is 3.12. The maximum atomic E-state index is 11.0. The first-order chi connectivity index (χ1) is 11.6. The zero-order valence-electron chi connectivity index (χ0n) is 13.4. The second-order valence-corrected chi connectivity index (χ2v) is 6.17. The van der Waals surface area contributed by atoms with E-state index >= 15 is 0 Å². The molecule has 0 saturated carbocycles. The first-order valence-corrected chi connectivity index (χ1v) is 8.18. The molecule has 0 saturated heterocycles. The van der Waals surface area contributed by atoms with Crippen LogP contribution in [0.5, 0.6) is 0 Å². The van der Waals surface area contributed by atoms with Gasteiger partial charge in [0.15, 0.2) is 0 Å².